The number of rotatable bonds is 7. The second-order valence-corrected chi connectivity index (χ2v) is 4.31. The monoisotopic (exact) mass is 238 g/mol. The second kappa shape index (κ2) is 6.39. The summed E-state index contributed by atoms with van der Waals surface area (Å²) in [6.45, 7) is 7.15. The lowest BCUT2D eigenvalue weighted by Crippen LogP contribution is -2.35. The number of aromatic nitrogens is 2. The van der Waals surface area contributed by atoms with E-state index in [2.05, 4.69) is 34.4 Å². The Morgan fingerprint density at radius 2 is 2.18 bits per heavy atom. The summed E-state index contributed by atoms with van der Waals surface area (Å²) in [6, 6.07) is 1.84. The largest absolute Gasteiger partial charge is 0.396 e. The molecule has 1 aromatic heterocycles. The molecular weight excluding hydrogens is 216 g/mol. The summed E-state index contributed by atoms with van der Waals surface area (Å²) in [5.74, 6) is 1.41. The zero-order valence-electron chi connectivity index (χ0n) is 10.8. The van der Waals surface area contributed by atoms with Crippen molar-refractivity contribution in [1.29, 1.82) is 0 Å². The number of hydrogen-bond acceptors (Lipinski definition) is 5. The zero-order chi connectivity index (χ0) is 12.7. The van der Waals surface area contributed by atoms with E-state index in [0.29, 0.717) is 12.4 Å². The van der Waals surface area contributed by atoms with Crippen molar-refractivity contribution in [2.24, 2.45) is 0 Å². The van der Waals surface area contributed by atoms with Crippen LogP contribution in [0.5, 0.6) is 0 Å². The minimum atomic E-state index is -0.132. The molecule has 0 spiro atoms. The van der Waals surface area contributed by atoms with Crippen molar-refractivity contribution in [2.45, 2.75) is 39.2 Å². The Morgan fingerprint density at radius 1 is 1.41 bits per heavy atom. The van der Waals surface area contributed by atoms with Crippen molar-refractivity contribution in [2.75, 3.05) is 23.8 Å². The molecule has 1 atom stereocenters. The highest BCUT2D eigenvalue weighted by Gasteiger charge is 2.21. The van der Waals surface area contributed by atoms with Crippen LogP contribution in [0.15, 0.2) is 12.3 Å². The van der Waals surface area contributed by atoms with Gasteiger partial charge in [0.2, 0.25) is 5.95 Å². The first-order valence-corrected chi connectivity index (χ1v) is 6.09. The third kappa shape index (κ3) is 4.19. The minimum Gasteiger partial charge on any atom is -0.396 e. The molecule has 0 saturated heterocycles. The summed E-state index contributed by atoms with van der Waals surface area (Å²) >= 11 is 0. The summed E-state index contributed by atoms with van der Waals surface area (Å²) < 4.78 is 0. The molecule has 1 heterocycles. The predicted molar refractivity (Wildman–Crippen MR) is 70.2 cm³/mol. The van der Waals surface area contributed by atoms with Gasteiger partial charge in [0.1, 0.15) is 5.82 Å². The van der Waals surface area contributed by atoms with E-state index in [1.165, 1.54) is 0 Å². The van der Waals surface area contributed by atoms with Crippen LogP contribution in [0.2, 0.25) is 0 Å². The number of aliphatic hydroxyl groups is 1. The molecule has 0 radical (unpaired) electrons. The molecule has 1 rings (SSSR count). The van der Waals surface area contributed by atoms with Crippen molar-refractivity contribution in [3.05, 3.63) is 12.3 Å². The Balaban J connectivity index is 2.75. The summed E-state index contributed by atoms with van der Waals surface area (Å²) in [5, 5.41) is 15.5. The van der Waals surface area contributed by atoms with Crippen LogP contribution in [0.3, 0.4) is 0 Å². The van der Waals surface area contributed by atoms with Gasteiger partial charge in [-0.3, -0.25) is 0 Å². The first kappa shape index (κ1) is 13.7. The van der Waals surface area contributed by atoms with Gasteiger partial charge < -0.3 is 15.7 Å². The van der Waals surface area contributed by atoms with Crippen LogP contribution >= 0.6 is 0 Å². The predicted octanol–water partition coefficient (Wildman–Crippen LogP) is 1.87. The topological polar surface area (TPSA) is 70.1 Å². The van der Waals surface area contributed by atoms with Crippen LogP contribution in [-0.4, -0.2) is 33.8 Å². The van der Waals surface area contributed by atoms with Crippen LogP contribution in [-0.2, 0) is 0 Å². The van der Waals surface area contributed by atoms with E-state index < -0.39 is 0 Å². The quantitative estimate of drug-likeness (QED) is 0.676. The van der Waals surface area contributed by atoms with Crippen LogP contribution in [0.4, 0.5) is 11.8 Å². The van der Waals surface area contributed by atoms with E-state index >= 15 is 0 Å². The standard InChI is InChI=1S/C12H22N4O/c1-4-12(3,7-9-17)16-10-6-8-14-11(15-10)13-5-2/h6,8,17H,4-5,7,9H2,1-3H3,(H2,13,14,15,16). The van der Waals surface area contributed by atoms with Crippen LogP contribution < -0.4 is 10.6 Å². The second-order valence-electron chi connectivity index (χ2n) is 4.31. The molecule has 17 heavy (non-hydrogen) atoms. The molecule has 0 aliphatic heterocycles. The number of anilines is 2. The van der Waals surface area contributed by atoms with Crippen LogP contribution in [0.1, 0.15) is 33.6 Å². The zero-order valence-corrected chi connectivity index (χ0v) is 10.8. The molecule has 3 N–H and O–H groups in total. The van der Waals surface area contributed by atoms with E-state index in [4.69, 9.17) is 5.11 Å². The summed E-state index contributed by atoms with van der Waals surface area (Å²) in [5.41, 5.74) is -0.132. The maximum atomic E-state index is 9.06. The number of hydrogen-bond donors (Lipinski definition) is 3. The van der Waals surface area contributed by atoms with Gasteiger partial charge >= 0.3 is 0 Å². The first-order chi connectivity index (χ1) is 8.13. The first-order valence-electron chi connectivity index (χ1n) is 6.09. The van der Waals surface area contributed by atoms with Crippen LogP contribution in [0, 0.1) is 0 Å². The lowest BCUT2D eigenvalue weighted by Gasteiger charge is -2.29. The molecule has 0 aliphatic carbocycles. The normalized spacial score (nSPS) is 14.1. The van der Waals surface area contributed by atoms with E-state index in [9.17, 15) is 0 Å². The smallest absolute Gasteiger partial charge is 0.224 e. The fourth-order valence-corrected chi connectivity index (χ4v) is 1.56. The summed E-state index contributed by atoms with van der Waals surface area (Å²) in [4.78, 5) is 8.48. The molecule has 0 amide bonds. The number of nitrogens with zero attached hydrogens (tertiary/aromatic N) is 2. The van der Waals surface area contributed by atoms with Gasteiger partial charge in [-0.25, -0.2) is 4.98 Å². The maximum Gasteiger partial charge on any atom is 0.224 e. The Labute approximate surface area is 103 Å². The average Bonchev–Trinajstić information content (AvgIpc) is 2.30. The van der Waals surface area contributed by atoms with E-state index in [-0.39, 0.29) is 12.1 Å². The molecule has 1 aromatic rings. The third-order valence-corrected chi connectivity index (χ3v) is 2.86. The van der Waals surface area contributed by atoms with E-state index in [0.717, 1.165) is 18.8 Å². The SMILES string of the molecule is CCNc1nccc(NC(C)(CC)CCO)n1. The van der Waals surface area contributed by atoms with E-state index in [1.54, 1.807) is 6.20 Å². The van der Waals surface area contributed by atoms with Gasteiger partial charge in [0.05, 0.1) is 0 Å². The Morgan fingerprint density at radius 3 is 2.76 bits per heavy atom. The van der Waals surface area contributed by atoms with Gasteiger partial charge in [-0.1, -0.05) is 6.92 Å². The van der Waals surface area contributed by atoms with Crippen molar-refractivity contribution >= 4 is 11.8 Å². The molecule has 0 aliphatic rings. The lowest BCUT2D eigenvalue weighted by atomic mass is 9.95. The molecule has 0 fully saturated rings. The molecule has 5 heteroatoms. The number of aliphatic hydroxyl groups excluding tert-OH is 1. The lowest BCUT2D eigenvalue weighted by molar-refractivity contribution is 0.252. The van der Waals surface area contributed by atoms with Gasteiger partial charge in [-0.05, 0) is 32.8 Å². The Kier molecular flexibility index (Phi) is 5.15. The molecule has 0 saturated carbocycles. The van der Waals surface area contributed by atoms with Gasteiger partial charge in [-0.2, -0.15) is 4.98 Å². The molecule has 1 unspecified atom stereocenters. The Hall–Kier alpha value is -1.36. The van der Waals surface area contributed by atoms with E-state index in [1.807, 2.05) is 13.0 Å². The van der Waals surface area contributed by atoms with Gasteiger partial charge in [0.25, 0.3) is 0 Å². The van der Waals surface area contributed by atoms with Crippen molar-refractivity contribution in [3.63, 3.8) is 0 Å². The molecular formula is C12H22N4O. The van der Waals surface area contributed by atoms with Crippen LogP contribution in [0.25, 0.3) is 0 Å². The molecule has 0 bridgehead atoms. The fraction of sp³-hybridized carbons (Fsp3) is 0.667. The molecule has 0 aromatic carbocycles. The third-order valence-electron chi connectivity index (χ3n) is 2.86. The minimum absolute atomic E-state index is 0.132. The summed E-state index contributed by atoms with van der Waals surface area (Å²) in [7, 11) is 0. The summed E-state index contributed by atoms with van der Waals surface area (Å²) in [6.07, 6.45) is 3.35. The average molecular weight is 238 g/mol. The Bertz CT molecular complexity index is 345. The van der Waals surface area contributed by atoms with Crippen molar-refractivity contribution in [3.8, 4) is 0 Å². The highest BCUT2D eigenvalue weighted by Crippen LogP contribution is 2.20. The molecule has 5 nitrogen and oxygen atoms in total. The van der Waals surface area contributed by atoms with Gasteiger partial charge in [-0.15, -0.1) is 0 Å². The molecule has 96 valence electrons. The van der Waals surface area contributed by atoms with Crippen molar-refractivity contribution < 1.29 is 5.11 Å². The highest BCUT2D eigenvalue weighted by molar-refractivity contribution is 5.41. The van der Waals surface area contributed by atoms with Gasteiger partial charge in [0.15, 0.2) is 0 Å². The van der Waals surface area contributed by atoms with Crippen molar-refractivity contribution in [1.82, 2.24) is 9.97 Å². The maximum absolute atomic E-state index is 9.06. The van der Waals surface area contributed by atoms with Gasteiger partial charge in [0, 0.05) is 24.9 Å². The number of nitrogens with one attached hydrogen (secondary N) is 2. The fourth-order valence-electron chi connectivity index (χ4n) is 1.56. The highest BCUT2D eigenvalue weighted by atomic mass is 16.3.